The second-order valence-electron chi connectivity index (χ2n) is 16.9. The number of ether oxygens (including phenoxy) is 1. The number of piperazine rings is 1. The number of hydrogen-bond acceptors (Lipinski definition) is 8. The van der Waals surface area contributed by atoms with E-state index < -0.39 is 0 Å². The van der Waals surface area contributed by atoms with Crippen LogP contribution < -0.4 is 25.8 Å². The van der Waals surface area contributed by atoms with Crippen molar-refractivity contribution < 1.29 is 14.3 Å². The van der Waals surface area contributed by atoms with Crippen LogP contribution in [0.4, 0.5) is 23.0 Å². The van der Waals surface area contributed by atoms with Gasteiger partial charge in [0, 0.05) is 72.6 Å². The maximum Gasteiger partial charge on any atom is 0.257 e. The Morgan fingerprint density at radius 2 is 1.75 bits per heavy atom. The van der Waals surface area contributed by atoms with Gasteiger partial charge in [-0.05, 0) is 124 Å². The van der Waals surface area contributed by atoms with E-state index in [0.29, 0.717) is 45.7 Å². The Balaban J connectivity index is 0.877. The number of nitrogens with zero attached hydrogens (tertiary/aromatic N) is 5. The molecule has 2 amide bonds. The average Bonchev–Trinajstić information content (AvgIpc) is 3.94. The minimum atomic E-state index is -0.222. The normalized spacial score (nSPS) is 28.2. The van der Waals surface area contributed by atoms with Crippen LogP contribution in [-0.4, -0.2) is 63.5 Å². The fraction of sp³-hybridized carbons (Fsp3) is 0.500. The molecule has 6 bridgehead atoms. The van der Waals surface area contributed by atoms with Crippen LogP contribution in [0.25, 0.3) is 16.7 Å². The summed E-state index contributed by atoms with van der Waals surface area (Å²) in [6.07, 6.45) is 13.2. The lowest BCUT2D eigenvalue weighted by atomic mass is 9.73. The van der Waals surface area contributed by atoms with Gasteiger partial charge in [-0.1, -0.05) is 6.07 Å². The zero-order chi connectivity index (χ0) is 36.0. The first-order valence-electron chi connectivity index (χ1n) is 19.6. The summed E-state index contributed by atoms with van der Waals surface area (Å²) in [6, 6.07) is 15.6. The molecule has 11 nitrogen and oxygen atoms in total. The fourth-order valence-electron chi connectivity index (χ4n) is 11.1. The van der Waals surface area contributed by atoms with Gasteiger partial charge in [-0.3, -0.25) is 19.0 Å². The number of anilines is 4. The summed E-state index contributed by atoms with van der Waals surface area (Å²) in [6.45, 7) is 3.51. The Kier molecular flexibility index (Phi) is 7.60. The number of amides is 2. The van der Waals surface area contributed by atoms with E-state index in [0.717, 1.165) is 79.6 Å². The number of nitrogens with one attached hydrogen (secondary N) is 2. The molecule has 2 aromatic carbocycles. The number of piperidine rings is 2. The van der Waals surface area contributed by atoms with E-state index >= 15 is 0 Å². The molecule has 5 saturated carbocycles. The third-order valence-electron chi connectivity index (χ3n) is 13.6. The highest BCUT2D eigenvalue weighted by Crippen LogP contribution is 2.67. The number of hydrogen-bond donors (Lipinski definition) is 2. The van der Waals surface area contributed by atoms with Crippen LogP contribution in [0.15, 0.2) is 59.5 Å². The summed E-state index contributed by atoms with van der Waals surface area (Å²) in [5.74, 6) is 3.99. The smallest absolute Gasteiger partial charge is 0.257 e. The summed E-state index contributed by atoms with van der Waals surface area (Å²) in [7, 11) is 1.66. The van der Waals surface area contributed by atoms with E-state index in [1.54, 1.807) is 30.0 Å². The summed E-state index contributed by atoms with van der Waals surface area (Å²) in [5, 5.41) is 7.08. The maximum atomic E-state index is 13.9. The molecule has 5 heterocycles. The molecule has 274 valence electrons. The van der Waals surface area contributed by atoms with Crippen molar-refractivity contribution in [2.75, 3.05) is 35.7 Å². The highest BCUT2D eigenvalue weighted by molar-refractivity contribution is 5.94. The predicted octanol–water partition coefficient (Wildman–Crippen LogP) is 6.59. The van der Waals surface area contributed by atoms with Crippen LogP contribution in [0.5, 0.6) is 5.75 Å². The van der Waals surface area contributed by atoms with Gasteiger partial charge >= 0.3 is 0 Å². The first-order chi connectivity index (χ1) is 25.7. The molecule has 8 fully saturated rings. The molecule has 4 aromatic rings. The molecule has 53 heavy (non-hydrogen) atoms. The van der Waals surface area contributed by atoms with Gasteiger partial charge in [-0.15, -0.1) is 0 Å². The number of carbonyl (C=O) groups excluding carboxylic acids is 2. The van der Waals surface area contributed by atoms with Crippen LogP contribution in [0, 0.1) is 36.0 Å². The monoisotopic (exact) mass is 713 g/mol. The molecule has 5 aliphatic carbocycles. The number of rotatable bonds is 9. The largest absolute Gasteiger partial charge is 0.494 e. The van der Waals surface area contributed by atoms with Crippen LogP contribution in [0.3, 0.4) is 0 Å². The molecule has 4 atom stereocenters. The second kappa shape index (κ2) is 12.3. The molecule has 4 unspecified atom stereocenters. The zero-order valence-electron chi connectivity index (χ0n) is 30.5. The molecule has 3 aliphatic heterocycles. The average molecular weight is 714 g/mol. The number of methoxy groups -OCH3 is 1. The SMILES string of the molecule is COc1cc(N2CC3CCC2CN3C(=O)CC23CC4CC(CC2C4)C3)ccc1Nc1ncc2c(C)cc(=O)n(-c3cccc(NC(=O)C4CC4)c3)c2n1. The molecule has 2 aromatic heterocycles. The van der Waals surface area contributed by atoms with Crippen LogP contribution >= 0.6 is 0 Å². The minimum Gasteiger partial charge on any atom is -0.494 e. The molecular formula is C42H47N7O4. The third kappa shape index (κ3) is 5.65. The summed E-state index contributed by atoms with van der Waals surface area (Å²) in [5.41, 5.74) is 4.35. The van der Waals surface area contributed by atoms with Crippen molar-refractivity contribution in [3.8, 4) is 11.4 Å². The molecule has 3 saturated heterocycles. The number of fused-ring (bicyclic) bond motifs is 4. The Bertz CT molecular complexity index is 2200. The second-order valence-corrected chi connectivity index (χ2v) is 16.9. The quantitative estimate of drug-likeness (QED) is 0.200. The summed E-state index contributed by atoms with van der Waals surface area (Å²) in [4.78, 5) is 54.0. The van der Waals surface area contributed by atoms with Gasteiger partial charge in [0.1, 0.15) is 5.75 Å². The third-order valence-corrected chi connectivity index (χ3v) is 13.6. The Labute approximate surface area is 309 Å². The van der Waals surface area contributed by atoms with Crippen LogP contribution in [0.2, 0.25) is 0 Å². The van der Waals surface area contributed by atoms with Crippen molar-refractivity contribution in [3.05, 3.63) is 70.6 Å². The Morgan fingerprint density at radius 3 is 2.51 bits per heavy atom. The molecular weight excluding hydrogens is 667 g/mol. The topological polar surface area (TPSA) is 122 Å². The van der Waals surface area contributed by atoms with E-state index in [1.807, 2.05) is 31.2 Å². The van der Waals surface area contributed by atoms with E-state index in [4.69, 9.17) is 9.72 Å². The Morgan fingerprint density at radius 1 is 0.943 bits per heavy atom. The maximum absolute atomic E-state index is 13.9. The van der Waals surface area contributed by atoms with E-state index in [1.165, 1.54) is 32.1 Å². The number of pyridine rings is 1. The van der Waals surface area contributed by atoms with Crippen molar-refractivity contribution in [2.45, 2.75) is 83.2 Å². The molecule has 0 radical (unpaired) electrons. The van der Waals surface area contributed by atoms with Gasteiger partial charge in [-0.25, -0.2) is 4.98 Å². The standard InChI is InChI=1S/C42H47N7O4/c1-24-12-37(50)49(31-5-3-4-29(16-31)44-40(52)27-6-7-27)39-34(24)21-43-41(46-39)45-35-11-10-30(17-36(35)53-2)47-22-33-9-8-32(47)23-48(33)38(51)20-42-18-25-13-26(19-42)15-28(42)14-25/h3-5,10-12,16-17,21,25-28,32-33H,6-9,13-15,18-20,22-23H2,1-2H3,(H,44,52)(H,43,45,46). The number of aryl methyl sites for hydroxylation is 1. The zero-order valence-corrected chi connectivity index (χ0v) is 30.5. The van der Waals surface area contributed by atoms with Gasteiger partial charge in [0.25, 0.3) is 5.56 Å². The van der Waals surface area contributed by atoms with Crippen molar-refractivity contribution in [1.29, 1.82) is 0 Å². The lowest BCUT2D eigenvalue weighted by molar-refractivity contribution is -0.139. The number of carbonyl (C=O) groups is 2. The van der Waals surface area contributed by atoms with Crippen molar-refractivity contribution in [2.24, 2.45) is 29.1 Å². The highest BCUT2D eigenvalue weighted by Gasteiger charge is 2.58. The van der Waals surface area contributed by atoms with E-state index in [-0.39, 0.29) is 29.5 Å². The van der Waals surface area contributed by atoms with E-state index in [2.05, 4.69) is 37.6 Å². The first-order valence-corrected chi connectivity index (χ1v) is 19.6. The van der Waals surface area contributed by atoms with Crippen molar-refractivity contribution in [1.82, 2.24) is 19.4 Å². The predicted molar refractivity (Wildman–Crippen MR) is 204 cm³/mol. The van der Waals surface area contributed by atoms with Crippen LogP contribution in [0.1, 0.15) is 69.8 Å². The van der Waals surface area contributed by atoms with Crippen LogP contribution in [-0.2, 0) is 9.59 Å². The molecule has 0 spiro atoms. The fourth-order valence-corrected chi connectivity index (χ4v) is 11.1. The van der Waals surface area contributed by atoms with E-state index in [9.17, 15) is 14.4 Å². The summed E-state index contributed by atoms with van der Waals surface area (Å²) >= 11 is 0. The molecule has 8 aliphatic rings. The Hall–Kier alpha value is -4.93. The highest BCUT2D eigenvalue weighted by atomic mass is 16.5. The van der Waals surface area contributed by atoms with Crippen molar-refractivity contribution in [3.63, 3.8) is 0 Å². The minimum absolute atomic E-state index is 0.00840. The number of aromatic nitrogens is 3. The lowest BCUT2D eigenvalue weighted by Gasteiger charge is -2.53. The molecule has 2 N–H and O–H groups in total. The van der Waals surface area contributed by atoms with Gasteiger partial charge in [0.05, 0.1) is 18.5 Å². The first kappa shape index (κ1) is 32.7. The molecule has 11 heteroatoms. The van der Waals surface area contributed by atoms with Gasteiger partial charge in [-0.2, -0.15) is 4.98 Å². The lowest BCUT2D eigenvalue weighted by Crippen LogP contribution is -2.64. The van der Waals surface area contributed by atoms with Gasteiger partial charge in [0.15, 0.2) is 5.65 Å². The van der Waals surface area contributed by atoms with Crippen molar-refractivity contribution >= 4 is 45.9 Å². The van der Waals surface area contributed by atoms with Gasteiger partial charge in [0.2, 0.25) is 17.8 Å². The number of benzene rings is 2. The van der Waals surface area contributed by atoms with Gasteiger partial charge < -0.3 is 25.2 Å². The molecule has 12 rings (SSSR count). The summed E-state index contributed by atoms with van der Waals surface area (Å²) < 4.78 is 7.46.